The highest BCUT2D eigenvalue weighted by Gasteiger charge is 2.19. The van der Waals surface area contributed by atoms with Crippen molar-refractivity contribution in [3.63, 3.8) is 0 Å². The number of carbonyl (C=O) groups is 1. The largest absolute Gasteiger partial charge is 0.353 e. The molecule has 21 heavy (non-hydrogen) atoms. The quantitative estimate of drug-likeness (QED) is 0.613. The molecule has 0 aliphatic carbocycles. The summed E-state index contributed by atoms with van der Waals surface area (Å²) < 4.78 is 26.6. The minimum absolute atomic E-state index is 0.0933. The second-order valence-corrected chi connectivity index (χ2v) is 8.25. The summed E-state index contributed by atoms with van der Waals surface area (Å²) in [6.45, 7) is 6.08. The molecule has 6 nitrogen and oxygen atoms in total. The number of sulfonamides is 1. The lowest BCUT2D eigenvalue weighted by molar-refractivity contribution is -0.123. The predicted octanol–water partition coefficient (Wildman–Crippen LogP) is 0.824. The summed E-state index contributed by atoms with van der Waals surface area (Å²) in [6, 6.07) is 2.76. The average molecular weight is 333 g/mol. The fourth-order valence-electron chi connectivity index (χ4n) is 1.63. The SMILES string of the molecule is CCC(C)C(N)C(=O)NCCNS(=O)(=O)c1ccc(C)s1. The number of aryl methyl sites for hydroxylation is 1. The smallest absolute Gasteiger partial charge is 0.250 e. The number of amides is 1. The van der Waals surface area contributed by atoms with E-state index >= 15 is 0 Å². The minimum Gasteiger partial charge on any atom is -0.353 e. The van der Waals surface area contributed by atoms with Crippen LogP contribution in [0.2, 0.25) is 0 Å². The molecule has 0 bridgehead atoms. The third-order valence-corrected chi connectivity index (χ3v) is 6.21. The van der Waals surface area contributed by atoms with E-state index < -0.39 is 16.1 Å². The van der Waals surface area contributed by atoms with Crippen LogP contribution in [0.3, 0.4) is 0 Å². The lowest BCUT2D eigenvalue weighted by atomic mass is 9.99. The molecule has 0 saturated carbocycles. The van der Waals surface area contributed by atoms with Gasteiger partial charge in [0.05, 0.1) is 6.04 Å². The molecule has 0 aliphatic heterocycles. The van der Waals surface area contributed by atoms with Crippen LogP contribution in [0.4, 0.5) is 0 Å². The van der Waals surface area contributed by atoms with E-state index in [4.69, 9.17) is 5.73 Å². The molecule has 1 heterocycles. The molecule has 1 amide bonds. The van der Waals surface area contributed by atoms with Crippen LogP contribution in [0.25, 0.3) is 0 Å². The molecule has 0 saturated heterocycles. The maximum Gasteiger partial charge on any atom is 0.250 e. The van der Waals surface area contributed by atoms with Crippen molar-refractivity contribution in [1.82, 2.24) is 10.0 Å². The first-order chi connectivity index (χ1) is 9.77. The van der Waals surface area contributed by atoms with Crippen molar-refractivity contribution in [2.75, 3.05) is 13.1 Å². The zero-order valence-electron chi connectivity index (χ0n) is 12.5. The van der Waals surface area contributed by atoms with Gasteiger partial charge in [0.15, 0.2) is 0 Å². The summed E-state index contributed by atoms with van der Waals surface area (Å²) in [4.78, 5) is 12.7. The van der Waals surface area contributed by atoms with Gasteiger partial charge in [-0.2, -0.15) is 0 Å². The van der Waals surface area contributed by atoms with Gasteiger partial charge in [0.25, 0.3) is 0 Å². The van der Waals surface area contributed by atoms with E-state index in [1.54, 1.807) is 12.1 Å². The molecule has 120 valence electrons. The summed E-state index contributed by atoms with van der Waals surface area (Å²) in [5, 5.41) is 2.64. The summed E-state index contributed by atoms with van der Waals surface area (Å²) in [5.74, 6) is -0.161. The Bertz CT molecular complexity index is 569. The summed E-state index contributed by atoms with van der Waals surface area (Å²) in [7, 11) is -3.49. The Hall–Kier alpha value is -0.960. The van der Waals surface area contributed by atoms with Crippen LogP contribution >= 0.6 is 11.3 Å². The van der Waals surface area contributed by atoms with Gasteiger partial charge < -0.3 is 11.1 Å². The van der Waals surface area contributed by atoms with E-state index in [-0.39, 0.29) is 29.1 Å². The van der Waals surface area contributed by atoms with Crippen LogP contribution in [-0.2, 0) is 14.8 Å². The van der Waals surface area contributed by atoms with Crippen molar-refractivity contribution in [2.45, 2.75) is 37.4 Å². The Morgan fingerprint density at radius 3 is 2.57 bits per heavy atom. The third kappa shape index (κ3) is 5.39. The van der Waals surface area contributed by atoms with E-state index in [9.17, 15) is 13.2 Å². The lowest BCUT2D eigenvalue weighted by Crippen LogP contribution is -2.46. The van der Waals surface area contributed by atoms with Crippen molar-refractivity contribution >= 4 is 27.3 Å². The summed E-state index contributed by atoms with van der Waals surface area (Å²) in [5.41, 5.74) is 5.78. The highest BCUT2D eigenvalue weighted by molar-refractivity contribution is 7.91. The number of hydrogen-bond donors (Lipinski definition) is 3. The van der Waals surface area contributed by atoms with Gasteiger partial charge >= 0.3 is 0 Å². The Labute approximate surface area is 130 Å². The van der Waals surface area contributed by atoms with Gasteiger partial charge in [0.1, 0.15) is 4.21 Å². The van der Waals surface area contributed by atoms with Gasteiger partial charge in [-0.1, -0.05) is 20.3 Å². The van der Waals surface area contributed by atoms with Crippen LogP contribution in [0.1, 0.15) is 25.1 Å². The number of hydrogen-bond acceptors (Lipinski definition) is 5. The number of rotatable bonds is 8. The van der Waals surface area contributed by atoms with Crippen molar-refractivity contribution in [3.05, 3.63) is 17.0 Å². The molecular formula is C13H23N3O3S2. The van der Waals surface area contributed by atoms with Gasteiger partial charge in [-0.3, -0.25) is 4.79 Å². The summed E-state index contributed by atoms with van der Waals surface area (Å²) in [6.07, 6.45) is 0.818. The topological polar surface area (TPSA) is 101 Å². The number of carbonyl (C=O) groups excluding carboxylic acids is 1. The second-order valence-electron chi connectivity index (χ2n) is 4.97. The molecule has 1 rings (SSSR count). The first kappa shape index (κ1) is 18.1. The van der Waals surface area contributed by atoms with Crippen LogP contribution in [0, 0.1) is 12.8 Å². The molecule has 0 aromatic carbocycles. The van der Waals surface area contributed by atoms with Gasteiger partial charge in [0, 0.05) is 18.0 Å². The second kappa shape index (κ2) is 7.88. The van der Waals surface area contributed by atoms with E-state index in [0.29, 0.717) is 0 Å². The molecule has 0 radical (unpaired) electrons. The fraction of sp³-hybridized carbons (Fsp3) is 0.615. The van der Waals surface area contributed by atoms with Crippen molar-refractivity contribution in [3.8, 4) is 0 Å². The minimum atomic E-state index is -3.49. The number of nitrogens with one attached hydrogen (secondary N) is 2. The van der Waals surface area contributed by atoms with Crippen LogP contribution < -0.4 is 15.8 Å². The lowest BCUT2D eigenvalue weighted by Gasteiger charge is -2.17. The van der Waals surface area contributed by atoms with E-state index in [1.807, 2.05) is 20.8 Å². The van der Waals surface area contributed by atoms with Gasteiger partial charge in [-0.25, -0.2) is 13.1 Å². The van der Waals surface area contributed by atoms with E-state index in [2.05, 4.69) is 10.0 Å². The molecule has 8 heteroatoms. The molecule has 0 aliphatic rings. The predicted molar refractivity (Wildman–Crippen MR) is 84.7 cm³/mol. The zero-order valence-corrected chi connectivity index (χ0v) is 14.2. The van der Waals surface area contributed by atoms with Crippen LogP contribution in [0.5, 0.6) is 0 Å². The highest BCUT2D eigenvalue weighted by Crippen LogP contribution is 2.19. The standard InChI is InChI=1S/C13H23N3O3S2/c1-4-9(2)12(14)13(17)15-7-8-16-21(18,19)11-6-5-10(3)20-11/h5-6,9,12,16H,4,7-8,14H2,1-3H3,(H,15,17). The van der Waals surface area contributed by atoms with Crippen LogP contribution in [0.15, 0.2) is 16.3 Å². The summed E-state index contributed by atoms with van der Waals surface area (Å²) >= 11 is 1.21. The molecule has 1 aromatic heterocycles. The van der Waals surface area contributed by atoms with Gasteiger partial charge in [-0.05, 0) is 25.0 Å². The maximum atomic E-state index is 11.9. The van der Waals surface area contributed by atoms with Crippen molar-refractivity contribution < 1.29 is 13.2 Å². The molecule has 1 aromatic rings. The first-order valence-corrected chi connectivity index (χ1v) is 9.17. The van der Waals surface area contributed by atoms with Crippen molar-refractivity contribution in [2.24, 2.45) is 11.7 Å². The molecule has 0 spiro atoms. The molecule has 0 fully saturated rings. The maximum absolute atomic E-state index is 11.9. The fourth-order valence-corrected chi connectivity index (χ4v) is 3.99. The van der Waals surface area contributed by atoms with E-state index in [1.165, 1.54) is 11.3 Å². The molecule has 2 unspecified atom stereocenters. The van der Waals surface area contributed by atoms with Crippen molar-refractivity contribution in [1.29, 1.82) is 0 Å². The normalized spacial score (nSPS) is 14.7. The highest BCUT2D eigenvalue weighted by atomic mass is 32.2. The number of thiophene rings is 1. The van der Waals surface area contributed by atoms with Crippen LogP contribution in [-0.4, -0.2) is 33.5 Å². The third-order valence-electron chi connectivity index (χ3n) is 3.26. The Kier molecular flexibility index (Phi) is 6.79. The van der Waals surface area contributed by atoms with Gasteiger partial charge in [0.2, 0.25) is 15.9 Å². The monoisotopic (exact) mass is 333 g/mol. The Morgan fingerprint density at radius 1 is 1.38 bits per heavy atom. The molecular weight excluding hydrogens is 310 g/mol. The average Bonchev–Trinajstić information content (AvgIpc) is 2.89. The Balaban J connectivity index is 2.39. The van der Waals surface area contributed by atoms with E-state index in [0.717, 1.165) is 11.3 Å². The molecule has 4 N–H and O–H groups in total. The molecule has 2 atom stereocenters. The first-order valence-electron chi connectivity index (χ1n) is 6.87. The zero-order chi connectivity index (χ0) is 16.0. The Morgan fingerprint density at radius 2 is 2.05 bits per heavy atom. The van der Waals surface area contributed by atoms with Gasteiger partial charge in [-0.15, -0.1) is 11.3 Å². The number of nitrogens with two attached hydrogens (primary N) is 1.